The fourth-order valence-electron chi connectivity index (χ4n) is 2.89. The van der Waals surface area contributed by atoms with Gasteiger partial charge in [0.25, 0.3) is 11.1 Å². The van der Waals surface area contributed by atoms with Gasteiger partial charge in [0.1, 0.15) is 28.2 Å². The number of hydrogen-bond donors (Lipinski definition) is 2. The Hall–Kier alpha value is -3.24. The van der Waals surface area contributed by atoms with E-state index in [0.717, 1.165) is 5.39 Å². The number of hydrogen-bond acceptors (Lipinski definition) is 5. The zero-order valence-corrected chi connectivity index (χ0v) is 15.7. The molecule has 0 amide bonds. The Bertz CT molecular complexity index is 1190. The van der Waals surface area contributed by atoms with Crippen molar-refractivity contribution >= 4 is 28.2 Å². The lowest BCUT2D eigenvalue weighted by molar-refractivity contribution is 0.415. The number of benzene rings is 1. The molecule has 0 aliphatic heterocycles. The normalized spacial score (nSPS) is 11.8. The molecule has 0 unspecified atom stereocenters. The van der Waals surface area contributed by atoms with Crippen LogP contribution in [0.2, 0.25) is 5.02 Å². The Balaban J connectivity index is 2.02. The molecule has 3 rings (SSSR count). The first-order valence-electron chi connectivity index (χ1n) is 8.13. The number of aromatic nitrogens is 2. The zero-order chi connectivity index (χ0) is 19.7. The second-order valence-corrected chi connectivity index (χ2v) is 6.45. The molecule has 2 heterocycles. The molecule has 0 radical (unpaired) electrons. The SMILES string of the molecule is COc1ccc2cc([C@H](C)Nc3ccc(C#N)n(C)c3=O)c(=O)[nH]c2c1Cl. The van der Waals surface area contributed by atoms with Gasteiger partial charge in [-0.3, -0.25) is 9.59 Å². The highest BCUT2D eigenvalue weighted by atomic mass is 35.5. The topological polar surface area (TPSA) is 99.9 Å². The number of H-pyrrole nitrogens is 1. The molecule has 0 aliphatic carbocycles. The molecular formula is C19H17ClN4O3. The van der Waals surface area contributed by atoms with Crippen LogP contribution in [-0.4, -0.2) is 16.7 Å². The number of anilines is 1. The lowest BCUT2D eigenvalue weighted by Crippen LogP contribution is -2.26. The second-order valence-electron chi connectivity index (χ2n) is 6.07. The average molecular weight is 385 g/mol. The molecule has 0 spiro atoms. The lowest BCUT2D eigenvalue weighted by Gasteiger charge is -2.16. The Morgan fingerprint density at radius 3 is 2.70 bits per heavy atom. The first kappa shape index (κ1) is 18.5. The van der Waals surface area contributed by atoms with Crippen molar-refractivity contribution in [2.75, 3.05) is 12.4 Å². The third kappa shape index (κ3) is 3.27. The van der Waals surface area contributed by atoms with Crippen molar-refractivity contribution in [3.8, 4) is 11.8 Å². The van der Waals surface area contributed by atoms with E-state index >= 15 is 0 Å². The number of halogens is 1. The number of nitriles is 1. The standard InChI is InChI=1S/C19H17ClN4O3/c1-10(22-14-6-5-12(9-21)24(2)19(14)26)13-8-11-4-7-15(27-3)16(20)17(11)23-18(13)25/h4-8,10,22H,1-3H3,(H,23,25)/t10-/m0/s1. The molecule has 2 aromatic heterocycles. The summed E-state index contributed by atoms with van der Waals surface area (Å²) in [6, 6.07) is 9.84. The Morgan fingerprint density at radius 1 is 1.30 bits per heavy atom. The molecule has 0 fully saturated rings. The second kappa shape index (κ2) is 7.17. The monoisotopic (exact) mass is 384 g/mol. The third-order valence-electron chi connectivity index (χ3n) is 4.43. The minimum Gasteiger partial charge on any atom is -0.495 e. The van der Waals surface area contributed by atoms with E-state index in [1.165, 1.54) is 24.8 Å². The minimum atomic E-state index is -0.445. The van der Waals surface area contributed by atoms with E-state index in [1.807, 2.05) is 6.07 Å². The Labute approximate surface area is 159 Å². The molecule has 7 nitrogen and oxygen atoms in total. The average Bonchev–Trinajstić information content (AvgIpc) is 2.66. The molecule has 138 valence electrons. The number of methoxy groups -OCH3 is 1. The number of nitrogens with zero attached hydrogens (tertiary/aromatic N) is 2. The van der Waals surface area contributed by atoms with Gasteiger partial charge < -0.3 is 19.6 Å². The predicted octanol–water partition coefficient (Wildman–Crippen LogP) is 2.93. The Kier molecular flexibility index (Phi) is 4.93. The van der Waals surface area contributed by atoms with Crippen molar-refractivity contribution in [1.82, 2.24) is 9.55 Å². The van der Waals surface area contributed by atoms with E-state index in [0.29, 0.717) is 27.5 Å². The molecule has 0 aliphatic rings. The summed E-state index contributed by atoms with van der Waals surface area (Å²) in [5, 5.41) is 13.1. The van der Waals surface area contributed by atoms with Crippen molar-refractivity contribution in [1.29, 1.82) is 5.26 Å². The summed E-state index contributed by atoms with van der Waals surface area (Å²) in [6.45, 7) is 1.78. The Morgan fingerprint density at radius 2 is 2.04 bits per heavy atom. The maximum Gasteiger partial charge on any atom is 0.274 e. The lowest BCUT2D eigenvalue weighted by atomic mass is 10.1. The van der Waals surface area contributed by atoms with Crippen LogP contribution in [0.1, 0.15) is 24.2 Å². The summed E-state index contributed by atoms with van der Waals surface area (Å²) >= 11 is 6.26. The van der Waals surface area contributed by atoms with Crippen LogP contribution in [0.3, 0.4) is 0 Å². The van der Waals surface area contributed by atoms with Gasteiger partial charge in [0.2, 0.25) is 0 Å². The maximum atomic E-state index is 12.5. The summed E-state index contributed by atoms with van der Waals surface area (Å²) in [5.41, 5.74) is 0.844. The summed E-state index contributed by atoms with van der Waals surface area (Å²) in [6.07, 6.45) is 0. The van der Waals surface area contributed by atoms with Gasteiger partial charge in [-0.15, -0.1) is 0 Å². The van der Waals surface area contributed by atoms with Crippen LogP contribution in [-0.2, 0) is 7.05 Å². The molecule has 2 N–H and O–H groups in total. The van der Waals surface area contributed by atoms with E-state index in [4.69, 9.17) is 21.6 Å². The number of fused-ring (bicyclic) bond motifs is 1. The highest BCUT2D eigenvalue weighted by Gasteiger charge is 2.16. The summed E-state index contributed by atoms with van der Waals surface area (Å²) in [5.74, 6) is 0.472. The van der Waals surface area contributed by atoms with Gasteiger partial charge in [-0.25, -0.2) is 0 Å². The van der Waals surface area contributed by atoms with Crippen LogP contribution >= 0.6 is 11.6 Å². The molecule has 27 heavy (non-hydrogen) atoms. The minimum absolute atomic E-state index is 0.255. The van der Waals surface area contributed by atoms with Crippen LogP contribution in [0.4, 0.5) is 5.69 Å². The van der Waals surface area contributed by atoms with Crippen LogP contribution < -0.4 is 21.2 Å². The maximum absolute atomic E-state index is 12.5. The highest BCUT2D eigenvalue weighted by Crippen LogP contribution is 2.31. The first-order chi connectivity index (χ1) is 12.9. The van der Waals surface area contributed by atoms with Gasteiger partial charge in [0.05, 0.1) is 18.7 Å². The molecule has 0 bridgehead atoms. The van der Waals surface area contributed by atoms with Crippen LogP contribution in [0, 0.1) is 11.3 Å². The van der Waals surface area contributed by atoms with Crippen LogP contribution in [0.5, 0.6) is 5.75 Å². The number of nitrogens with one attached hydrogen (secondary N) is 2. The van der Waals surface area contributed by atoms with Gasteiger partial charge in [0.15, 0.2) is 0 Å². The van der Waals surface area contributed by atoms with E-state index in [9.17, 15) is 9.59 Å². The largest absolute Gasteiger partial charge is 0.495 e. The summed E-state index contributed by atoms with van der Waals surface area (Å²) < 4.78 is 6.42. The van der Waals surface area contributed by atoms with Crippen molar-refractivity contribution < 1.29 is 4.74 Å². The summed E-state index contributed by atoms with van der Waals surface area (Å²) in [7, 11) is 3.03. The number of ether oxygens (including phenoxy) is 1. The highest BCUT2D eigenvalue weighted by molar-refractivity contribution is 6.36. The number of aromatic amines is 1. The molecule has 8 heteroatoms. The van der Waals surface area contributed by atoms with E-state index in [-0.39, 0.29) is 16.8 Å². The van der Waals surface area contributed by atoms with Crippen molar-refractivity contribution in [2.24, 2.45) is 7.05 Å². The molecule has 0 saturated carbocycles. The van der Waals surface area contributed by atoms with Crippen molar-refractivity contribution in [3.05, 3.63) is 67.3 Å². The smallest absolute Gasteiger partial charge is 0.274 e. The fraction of sp³-hybridized carbons (Fsp3) is 0.211. The van der Waals surface area contributed by atoms with E-state index in [1.54, 1.807) is 31.2 Å². The molecule has 3 aromatic rings. The molecule has 1 atom stereocenters. The first-order valence-corrected chi connectivity index (χ1v) is 8.51. The van der Waals surface area contributed by atoms with Gasteiger partial charge >= 0.3 is 0 Å². The van der Waals surface area contributed by atoms with Gasteiger partial charge in [-0.2, -0.15) is 5.26 Å². The molecule has 1 aromatic carbocycles. The predicted molar refractivity (Wildman–Crippen MR) is 105 cm³/mol. The van der Waals surface area contributed by atoms with Gasteiger partial charge in [0, 0.05) is 18.0 Å². The quantitative estimate of drug-likeness (QED) is 0.720. The molecule has 0 saturated heterocycles. The zero-order valence-electron chi connectivity index (χ0n) is 15.0. The summed E-state index contributed by atoms with van der Waals surface area (Å²) in [4.78, 5) is 27.7. The van der Waals surface area contributed by atoms with Crippen molar-refractivity contribution in [3.63, 3.8) is 0 Å². The van der Waals surface area contributed by atoms with E-state index < -0.39 is 6.04 Å². The number of pyridine rings is 2. The van der Waals surface area contributed by atoms with Crippen LogP contribution in [0.15, 0.2) is 39.9 Å². The van der Waals surface area contributed by atoms with E-state index in [2.05, 4.69) is 10.3 Å². The molecular weight excluding hydrogens is 368 g/mol. The third-order valence-corrected chi connectivity index (χ3v) is 4.80. The fourth-order valence-corrected chi connectivity index (χ4v) is 3.18. The van der Waals surface area contributed by atoms with Gasteiger partial charge in [-0.05, 0) is 37.3 Å². The number of rotatable bonds is 4. The van der Waals surface area contributed by atoms with Crippen molar-refractivity contribution in [2.45, 2.75) is 13.0 Å². The van der Waals surface area contributed by atoms with Crippen LogP contribution in [0.25, 0.3) is 10.9 Å². The van der Waals surface area contributed by atoms with Gasteiger partial charge in [-0.1, -0.05) is 11.6 Å².